The van der Waals surface area contributed by atoms with Crippen LogP contribution in [0.2, 0.25) is 0 Å². The fourth-order valence-electron chi connectivity index (χ4n) is 2.41. The van der Waals surface area contributed by atoms with Gasteiger partial charge in [0.2, 0.25) is 0 Å². The Morgan fingerprint density at radius 1 is 1.15 bits per heavy atom. The summed E-state index contributed by atoms with van der Waals surface area (Å²) in [5.74, 6) is 5.68. The maximum atomic E-state index is 5.68. The van der Waals surface area contributed by atoms with Crippen LogP contribution in [0, 0.1) is 0 Å². The Kier molecular flexibility index (Phi) is 5.71. The summed E-state index contributed by atoms with van der Waals surface area (Å²) in [5.41, 5.74) is 4.94. The number of hydrogen-bond donors (Lipinski definition) is 2. The molecule has 1 atom stereocenters. The number of unbranched alkanes of at least 4 members (excludes halogenated alkanes) is 3. The molecule has 0 radical (unpaired) electrons. The number of allylic oxidation sites excluding steroid dienone is 1. The minimum absolute atomic E-state index is 0.128. The van der Waals surface area contributed by atoms with Gasteiger partial charge in [-0.1, -0.05) is 43.2 Å². The first-order chi connectivity index (χ1) is 9.85. The topological polar surface area (TPSA) is 50.9 Å². The first-order valence-electron chi connectivity index (χ1n) is 7.28. The molecule has 0 aliphatic rings. The van der Waals surface area contributed by atoms with E-state index < -0.39 is 0 Å². The molecule has 1 aromatic carbocycles. The van der Waals surface area contributed by atoms with Crippen LogP contribution in [-0.2, 0) is 0 Å². The zero-order chi connectivity index (χ0) is 14.2. The monoisotopic (exact) mass is 269 g/mol. The second-order valence-electron chi connectivity index (χ2n) is 5.07. The molecule has 2 aromatic rings. The Balaban J connectivity index is 1.99. The van der Waals surface area contributed by atoms with E-state index in [1.54, 1.807) is 0 Å². The van der Waals surface area contributed by atoms with Gasteiger partial charge in [-0.25, -0.2) is 0 Å². The van der Waals surface area contributed by atoms with E-state index >= 15 is 0 Å². The lowest BCUT2D eigenvalue weighted by atomic mass is 10.0. The van der Waals surface area contributed by atoms with Gasteiger partial charge in [0.15, 0.2) is 0 Å². The molecular weight excluding hydrogens is 246 g/mol. The van der Waals surface area contributed by atoms with Crippen LogP contribution in [0.15, 0.2) is 49.1 Å². The third-order valence-corrected chi connectivity index (χ3v) is 3.58. The van der Waals surface area contributed by atoms with Crippen LogP contribution in [0.1, 0.15) is 43.8 Å². The highest BCUT2D eigenvalue weighted by Crippen LogP contribution is 2.20. The summed E-state index contributed by atoms with van der Waals surface area (Å²) >= 11 is 0. The van der Waals surface area contributed by atoms with Crippen molar-refractivity contribution in [1.29, 1.82) is 0 Å². The van der Waals surface area contributed by atoms with E-state index in [0.29, 0.717) is 0 Å². The molecule has 0 aliphatic carbocycles. The van der Waals surface area contributed by atoms with Crippen LogP contribution in [-0.4, -0.2) is 4.98 Å². The van der Waals surface area contributed by atoms with Crippen molar-refractivity contribution in [2.24, 2.45) is 5.84 Å². The molecule has 2 rings (SSSR count). The summed E-state index contributed by atoms with van der Waals surface area (Å²) in [6.07, 6.45) is 7.64. The van der Waals surface area contributed by atoms with Crippen LogP contribution in [0.4, 0.5) is 0 Å². The standard InChI is InChI=1S/C17H23N3/c1-2-3-4-5-6-11-17(20-18)16-13-12-14-9-7-8-10-15(14)19-16/h2,7-10,12-13,17,20H,1,3-6,11,18H2. The summed E-state index contributed by atoms with van der Waals surface area (Å²) in [6.45, 7) is 3.74. The highest BCUT2D eigenvalue weighted by molar-refractivity contribution is 5.78. The van der Waals surface area contributed by atoms with Gasteiger partial charge < -0.3 is 0 Å². The van der Waals surface area contributed by atoms with Crippen LogP contribution in [0.25, 0.3) is 10.9 Å². The molecule has 20 heavy (non-hydrogen) atoms. The van der Waals surface area contributed by atoms with Gasteiger partial charge in [0, 0.05) is 5.39 Å². The molecule has 106 valence electrons. The van der Waals surface area contributed by atoms with Crippen molar-refractivity contribution in [1.82, 2.24) is 10.4 Å². The average molecular weight is 269 g/mol. The minimum Gasteiger partial charge on any atom is -0.271 e. The van der Waals surface area contributed by atoms with E-state index in [0.717, 1.165) is 35.9 Å². The molecule has 1 unspecified atom stereocenters. The maximum absolute atomic E-state index is 5.68. The van der Waals surface area contributed by atoms with Gasteiger partial charge in [-0.05, 0) is 31.4 Å². The third kappa shape index (κ3) is 3.89. The van der Waals surface area contributed by atoms with E-state index in [1.807, 2.05) is 24.3 Å². The van der Waals surface area contributed by atoms with Crippen LogP contribution in [0.3, 0.4) is 0 Å². The van der Waals surface area contributed by atoms with Gasteiger partial charge in [-0.3, -0.25) is 16.3 Å². The van der Waals surface area contributed by atoms with Crippen molar-refractivity contribution >= 4 is 10.9 Å². The van der Waals surface area contributed by atoms with Crippen molar-refractivity contribution in [3.05, 3.63) is 54.7 Å². The second-order valence-corrected chi connectivity index (χ2v) is 5.07. The largest absolute Gasteiger partial charge is 0.271 e. The van der Waals surface area contributed by atoms with E-state index in [-0.39, 0.29) is 6.04 Å². The van der Waals surface area contributed by atoms with Crippen molar-refractivity contribution < 1.29 is 0 Å². The normalized spacial score (nSPS) is 12.4. The molecule has 0 aliphatic heterocycles. The molecular formula is C17H23N3. The van der Waals surface area contributed by atoms with Gasteiger partial charge >= 0.3 is 0 Å². The number of nitrogens with one attached hydrogen (secondary N) is 1. The summed E-state index contributed by atoms with van der Waals surface area (Å²) < 4.78 is 0. The minimum atomic E-state index is 0.128. The predicted octanol–water partition coefficient (Wildman–Crippen LogP) is 3.88. The Morgan fingerprint density at radius 3 is 2.80 bits per heavy atom. The lowest BCUT2D eigenvalue weighted by Crippen LogP contribution is -2.28. The highest BCUT2D eigenvalue weighted by atomic mass is 15.2. The number of benzene rings is 1. The van der Waals surface area contributed by atoms with Crippen molar-refractivity contribution in [3.63, 3.8) is 0 Å². The van der Waals surface area contributed by atoms with Crippen molar-refractivity contribution in [2.75, 3.05) is 0 Å². The van der Waals surface area contributed by atoms with Gasteiger partial charge in [0.05, 0.1) is 17.3 Å². The highest BCUT2D eigenvalue weighted by Gasteiger charge is 2.11. The number of hydrogen-bond acceptors (Lipinski definition) is 3. The molecule has 0 saturated carbocycles. The van der Waals surface area contributed by atoms with E-state index in [1.165, 1.54) is 12.8 Å². The van der Waals surface area contributed by atoms with Crippen LogP contribution < -0.4 is 11.3 Å². The number of hydrazine groups is 1. The number of nitrogens with two attached hydrogens (primary N) is 1. The lowest BCUT2D eigenvalue weighted by molar-refractivity contribution is 0.475. The number of pyridine rings is 1. The predicted molar refractivity (Wildman–Crippen MR) is 85.1 cm³/mol. The van der Waals surface area contributed by atoms with Crippen molar-refractivity contribution in [2.45, 2.75) is 38.1 Å². The Morgan fingerprint density at radius 2 is 2.00 bits per heavy atom. The Labute approximate surface area is 120 Å². The van der Waals surface area contributed by atoms with Gasteiger partial charge in [0.25, 0.3) is 0 Å². The van der Waals surface area contributed by atoms with Crippen molar-refractivity contribution in [3.8, 4) is 0 Å². The number of rotatable bonds is 8. The molecule has 0 fully saturated rings. The fraction of sp³-hybridized carbons (Fsp3) is 0.353. The molecule has 0 saturated heterocycles. The zero-order valence-corrected chi connectivity index (χ0v) is 11.9. The molecule has 3 nitrogen and oxygen atoms in total. The lowest BCUT2D eigenvalue weighted by Gasteiger charge is -2.15. The molecule has 1 heterocycles. The number of fused-ring (bicyclic) bond motifs is 1. The smallest absolute Gasteiger partial charge is 0.0706 e. The molecule has 1 aromatic heterocycles. The Hall–Kier alpha value is -1.71. The summed E-state index contributed by atoms with van der Waals surface area (Å²) in [5, 5.41) is 1.16. The molecule has 3 N–H and O–H groups in total. The summed E-state index contributed by atoms with van der Waals surface area (Å²) in [7, 11) is 0. The first kappa shape index (κ1) is 14.7. The summed E-state index contributed by atoms with van der Waals surface area (Å²) in [4.78, 5) is 4.70. The molecule has 0 spiro atoms. The van der Waals surface area contributed by atoms with Crippen LogP contribution in [0.5, 0.6) is 0 Å². The van der Waals surface area contributed by atoms with E-state index in [4.69, 9.17) is 10.8 Å². The quantitative estimate of drug-likeness (QED) is 0.331. The molecule has 0 bridgehead atoms. The summed E-state index contributed by atoms with van der Waals surface area (Å²) in [6, 6.07) is 12.5. The van der Waals surface area contributed by atoms with Crippen LogP contribution >= 0.6 is 0 Å². The third-order valence-electron chi connectivity index (χ3n) is 3.58. The zero-order valence-electron chi connectivity index (χ0n) is 11.9. The van der Waals surface area contributed by atoms with Gasteiger partial charge in [-0.2, -0.15) is 0 Å². The van der Waals surface area contributed by atoms with Gasteiger partial charge in [0.1, 0.15) is 0 Å². The van der Waals surface area contributed by atoms with E-state index in [2.05, 4.69) is 30.2 Å². The number of aromatic nitrogens is 1. The van der Waals surface area contributed by atoms with Gasteiger partial charge in [-0.15, -0.1) is 6.58 Å². The first-order valence-corrected chi connectivity index (χ1v) is 7.28. The molecule has 0 amide bonds. The number of para-hydroxylation sites is 1. The fourth-order valence-corrected chi connectivity index (χ4v) is 2.41. The SMILES string of the molecule is C=CCCCCCC(NN)c1ccc2ccccc2n1. The average Bonchev–Trinajstić information content (AvgIpc) is 2.50. The van der Waals surface area contributed by atoms with E-state index in [9.17, 15) is 0 Å². The maximum Gasteiger partial charge on any atom is 0.0706 e. The Bertz CT molecular complexity index is 551. The molecule has 3 heteroatoms. The number of nitrogens with zero attached hydrogens (tertiary/aromatic N) is 1. The second kappa shape index (κ2) is 7.78.